The summed E-state index contributed by atoms with van der Waals surface area (Å²) in [5.41, 5.74) is 0.738. The topological polar surface area (TPSA) is 90.4 Å². The van der Waals surface area contributed by atoms with E-state index < -0.39 is 16.2 Å². The Morgan fingerprint density at radius 1 is 1.17 bits per heavy atom. The average Bonchev–Trinajstić information content (AvgIpc) is 3.10. The Balaban J connectivity index is 1.39. The second-order valence-corrected chi connectivity index (χ2v) is 8.50. The molecule has 0 spiro atoms. The zero-order valence-electron chi connectivity index (χ0n) is 16.0. The number of hydrogen-bond acceptors (Lipinski definition) is 4. The van der Waals surface area contributed by atoms with Crippen LogP contribution in [0.2, 0.25) is 5.02 Å². The van der Waals surface area contributed by atoms with Gasteiger partial charge in [-0.1, -0.05) is 17.7 Å². The number of fused-ring (bicyclic) bond motifs is 5. The van der Waals surface area contributed by atoms with Crippen LogP contribution in [0.25, 0.3) is 10.9 Å². The number of carbonyl (C=O) groups excluding carboxylic acids is 1. The zero-order valence-corrected chi connectivity index (χ0v) is 16.8. The molecule has 2 atom stereocenters. The van der Waals surface area contributed by atoms with Crippen LogP contribution in [0.1, 0.15) is 18.0 Å². The predicted molar refractivity (Wildman–Crippen MR) is 112 cm³/mol. The predicted octanol–water partition coefficient (Wildman–Crippen LogP) is 3.01. The summed E-state index contributed by atoms with van der Waals surface area (Å²) in [4.78, 5) is 37.9. The van der Waals surface area contributed by atoms with Gasteiger partial charge in [-0.25, -0.2) is 0 Å². The Hall–Kier alpha value is -3.13. The Labute approximate surface area is 176 Å². The van der Waals surface area contributed by atoms with E-state index >= 15 is 0 Å². The molecule has 0 radical (unpaired) electrons. The van der Waals surface area contributed by atoms with E-state index in [-0.39, 0.29) is 24.3 Å². The molecular weight excluding hydrogens is 408 g/mol. The zero-order chi connectivity index (χ0) is 21.0. The van der Waals surface area contributed by atoms with Crippen molar-refractivity contribution in [3.8, 4) is 0 Å². The van der Waals surface area contributed by atoms with E-state index in [1.165, 1.54) is 10.6 Å². The second-order valence-electron chi connectivity index (χ2n) is 8.06. The normalized spacial score (nSPS) is 20.2. The van der Waals surface area contributed by atoms with Gasteiger partial charge in [-0.15, -0.1) is 0 Å². The van der Waals surface area contributed by atoms with Gasteiger partial charge >= 0.3 is 11.2 Å². The standard InChI is InChI=1S/C21H19ClN4O4/c22-16-2-1-14-5-6-23(19(14)8-16)12-20(27)24-9-13-7-15(11-24)17-3-4-18(26(29)30)21(28)25(17)10-13/h1-6,8,13,15H,7,9-12H2/t13-,15?/m1/s1. The van der Waals surface area contributed by atoms with Crippen LogP contribution in [0.4, 0.5) is 5.69 Å². The maximum atomic E-state index is 13.1. The maximum absolute atomic E-state index is 13.1. The minimum Gasteiger partial charge on any atom is -0.340 e. The largest absolute Gasteiger partial charge is 0.340 e. The summed E-state index contributed by atoms with van der Waals surface area (Å²) in [6.45, 7) is 1.67. The molecule has 154 valence electrons. The monoisotopic (exact) mass is 426 g/mol. The van der Waals surface area contributed by atoms with Crippen molar-refractivity contribution in [1.82, 2.24) is 14.0 Å². The van der Waals surface area contributed by atoms with Crippen molar-refractivity contribution in [2.75, 3.05) is 13.1 Å². The number of pyridine rings is 1. The summed E-state index contributed by atoms with van der Waals surface area (Å²) in [7, 11) is 0. The molecular formula is C21H19ClN4O4. The van der Waals surface area contributed by atoms with Crippen LogP contribution >= 0.6 is 11.6 Å². The molecule has 0 aliphatic carbocycles. The van der Waals surface area contributed by atoms with Gasteiger partial charge in [-0.2, -0.15) is 0 Å². The molecule has 2 bridgehead atoms. The van der Waals surface area contributed by atoms with E-state index in [2.05, 4.69) is 0 Å². The van der Waals surface area contributed by atoms with Crippen LogP contribution < -0.4 is 5.56 Å². The Morgan fingerprint density at radius 2 is 2.00 bits per heavy atom. The molecule has 2 aromatic heterocycles. The van der Waals surface area contributed by atoms with Gasteiger partial charge in [-0.3, -0.25) is 19.7 Å². The molecule has 30 heavy (non-hydrogen) atoms. The molecule has 8 nitrogen and oxygen atoms in total. The highest BCUT2D eigenvalue weighted by Gasteiger charge is 2.37. The molecule has 3 aromatic rings. The number of amides is 1. The van der Waals surface area contributed by atoms with E-state index in [1.54, 1.807) is 6.07 Å². The molecule has 1 saturated heterocycles. The second kappa shape index (κ2) is 6.98. The Morgan fingerprint density at radius 3 is 2.80 bits per heavy atom. The van der Waals surface area contributed by atoms with Gasteiger partial charge in [0.2, 0.25) is 5.91 Å². The van der Waals surface area contributed by atoms with Crippen LogP contribution in [0.5, 0.6) is 0 Å². The smallest absolute Gasteiger partial charge is 0.334 e. The first kappa shape index (κ1) is 18.9. The number of nitrogens with zero attached hydrogens (tertiary/aromatic N) is 4. The number of rotatable bonds is 3. The summed E-state index contributed by atoms with van der Waals surface area (Å²) < 4.78 is 3.43. The van der Waals surface area contributed by atoms with Crippen LogP contribution in [0, 0.1) is 16.0 Å². The third-order valence-corrected chi connectivity index (χ3v) is 6.41. The minimum atomic E-state index is -0.635. The van der Waals surface area contributed by atoms with Gasteiger partial charge in [0.25, 0.3) is 0 Å². The van der Waals surface area contributed by atoms with Crippen LogP contribution in [0.3, 0.4) is 0 Å². The third-order valence-electron chi connectivity index (χ3n) is 6.18. The third kappa shape index (κ3) is 3.08. The van der Waals surface area contributed by atoms with Gasteiger partial charge in [0.1, 0.15) is 6.54 Å². The van der Waals surface area contributed by atoms with Crippen molar-refractivity contribution in [1.29, 1.82) is 0 Å². The number of aromatic nitrogens is 2. The summed E-state index contributed by atoms with van der Waals surface area (Å²) in [5.74, 6) is 0.126. The van der Waals surface area contributed by atoms with Crippen molar-refractivity contribution in [3.63, 3.8) is 0 Å². The van der Waals surface area contributed by atoms with Crippen molar-refractivity contribution in [3.05, 3.63) is 73.8 Å². The molecule has 2 aliphatic rings. The molecule has 0 saturated carbocycles. The average molecular weight is 427 g/mol. The lowest BCUT2D eigenvalue weighted by Gasteiger charge is -2.42. The van der Waals surface area contributed by atoms with E-state index in [4.69, 9.17) is 11.6 Å². The number of benzene rings is 1. The van der Waals surface area contributed by atoms with Gasteiger partial charge in [0.05, 0.1) is 4.92 Å². The molecule has 1 amide bonds. The van der Waals surface area contributed by atoms with Gasteiger partial charge in [0.15, 0.2) is 0 Å². The number of piperidine rings is 1. The summed E-state index contributed by atoms with van der Waals surface area (Å²) >= 11 is 6.11. The molecule has 2 aliphatic heterocycles. The summed E-state index contributed by atoms with van der Waals surface area (Å²) in [6.07, 6.45) is 2.76. The molecule has 0 N–H and O–H groups in total. The van der Waals surface area contributed by atoms with Gasteiger partial charge < -0.3 is 14.0 Å². The fourth-order valence-corrected chi connectivity index (χ4v) is 4.98. The number of hydrogen-bond donors (Lipinski definition) is 0. The number of nitro groups is 1. The minimum absolute atomic E-state index is 0.00537. The van der Waals surface area contributed by atoms with E-state index in [9.17, 15) is 19.7 Å². The highest BCUT2D eigenvalue weighted by Crippen LogP contribution is 2.35. The molecule has 9 heteroatoms. The molecule has 1 fully saturated rings. The quantitative estimate of drug-likeness (QED) is 0.475. The maximum Gasteiger partial charge on any atom is 0.334 e. The first-order chi connectivity index (χ1) is 14.4. The summed E-state index contributed by atoms with van der Waals surface area (Å²) in [6, 6.07) is 10.5. The number of carbonyl (C=O) groups is 1. The molecule has 1 unspecified atom stereocenters. The molecule has 5 rings (SSSR count). The SMILES string of the molecule is O=C(Cn1ccc2ccc(Cl)cc21)N1CC2C[C@H](C1)Cn1c2ccc([N+](=O)[O-])c1=O. The highest BCUT2D eigenvalue weighted by molar-refractivity contribution is 6.31. The van der Waals surface area contributed by atoms with Crippen LogP contribution in [-0.4, -0.2) is 38.0 Å². The first-order valence-corrected chi connectivity index (χ1v) is 10.2. The first-order valence-electron chi connectivity index (χ1n) is 9.81. The lowest BCUT2D eigenvalue weighted by Crippen LogP contribution is -2.50. The lowest BCUT2D eigenvalue weighted by atomic mass is 9.83. The molecule has 1 aromatic carbocycles. The van der Waals surface area contributed by atoms with E-state index in [0.29, 0.717) is 24.7 Å². The van der Waals surface area contributed by atoms with Gasteiger partial charge in [-0.05, 0) is 42.0 Å². The molecule has 4 heterocycles. The number of likely N-dealkylation sites (tertiary alicyclic amines) is 1. The summed E-state index contributed by atoms with van der Waals surface area (Å²) in [5, 5.41) is 12.7. The van der Waals surface area contributed by atoms with Crippen molar-refractivity contribution >= 4 is 34.1 Å². The lowest BCUT2D eigenvalue weighted by molar-refractivity contribution is -0.386. The fraction of sp³-hybridized carbons (Fsp3) is 0.333. The fourth-order valence-electron chi connectivity index (χ4n) is 4.82. The Bertz CT molecular complexity index is 1250. The van der Waals surface area contributed by atoms with Crippen LogP contribution in [-0.2, 0) is 17.9 Å². The highest BCUT2D eigenvalue weighted by atomic mass is 35.5. The van der Waals surface area contributed by atoms with E-state index in [1.807, 2.05) is 39.9 Å². The van der Waals surface area contributed by atoms with E-state index in [0.717, 1.165) is 23.0 Å². The van der Waals surface area contributed by atoms with Crippen molar-refractivity contribution in [2.45, 2.75) is 25.4 Å². The Kier molecular flexibility index (Phi) is 4.39. The van der Waals surface area contributed by atoms with Crippen LogP contribution in [0.15, 0.2) is 47.4 Å². The number of halogens is 1. The van der Waals surface area contributed by atoms with Gasteiger partial charge in [0, 0.05) is 54.0 Å². The van der Waals surface area contributed by atoms with Crippen molar-refractivity contribution in [2.24, 2.45) is 5.92 Å². The van der Waals surface area contributed by atoms with Crippen molar-refractivity contribution < 1.29 is 9.72 Å².